The van der Waals surface area contributed by atoms with Crippen LogP contribution in [0, 0.1) is 5.92 Å². The second-order valence-corrected chi connectivity index (χ2v) is 8.44. The number of alkyl halides is 1. The highest BCUT2D eigenvalue weighted by molar-refractivity contribution is 5.91. The van der Waals surface area contributed by atoms with Crippen molar-refractivity contribution >= 4 is 29.6 Å². The first-order valence-electron chi connectivity index (χ1n) is 11.3. The van der Waals surface area contributed by atoms with Gasteiger partial charge >= 0.3 is 0 Å². The van der Waals surface area contributed by atoms with Gasteiger partial charge in [-0.15, -0.1) is 0 Å². The molecule has 0 radical (unpaired) electrons. The van der Waals surface area contributed by atoms with Crippen LogP contribution in [0.15, 0.2) is 59.6 Å². The lowest BCUT2D eigenvalue weighted by Crippen LogP contribution is -2.17. The Balaban J connectivity index is 0.00000104. The molecule has 0 unspecified atom stereocenters. The topological polar surface area (TPSA) is 68.2 Å². The summed E-state index contributed by atoms with van der Waals surface area (Å²) in [6.45, 7) is 5.64. The van der Waals surface area contributed by atoms with E-state index < -0.39 is 5.91 Å². The van der Waals surface area contributed by atoms with E-state index in [4.69, 9.17) is 5.21 Å². The molecular weight excluding hydrogens is 431 g/mol. The summed E-state index contributed by atoms with van der Waals surface area (Å²) in [4.78, 5) is 19.9. The Morgan fingerprint density at radius 3 is 2.24 bits per heavy atom. The van der Waals surface area contributed by atoms with Gasteiger partial charge in [-0.3, -0.25) is 19.4 Å². The number of hydrogen-bond donors (Lipinski definition) is 2. The summed E-state index contributed by atoms with van der Waals surface area (Å²) in [5, 5.41) is 8.54. The van der Waals surface area contributed by atoms with Crippen molar-refractivity contribution in [1.29, 1.82) is 0 Å². The molecule has 7 heteroatoms. The summed E-state index contributed by atoms with van der Waals surface area (Å²) in [5.41, 5.74) is 5.53. The zero-order valence-corrected chi connectivity index (χ0v) is 21.6. The molecule has 2 rings (SSSR count). The van der Waals surface area contributed by atoms with Crippen LogP contribution in [0.4, 0.5) is 15.8 Å². The van der Waals surface area contributed by atoms with Gasteiger partial charge in [0.15, 0.2) is 0 Å². The van der Waals surface area contributed by atoms with E-state index in [-0.39, 0.29) is 0 Å². The highest BCUT2D eigenvalue weighted by Crippen LogP contribution is 2.28. The number of rotatable bonds is 9. The second kappa shape index (κ2) is 18.4. The lowest BCUT2D eigenvalue weighted by Gasteiger charge is -2.15. The van der Waals surface area contributed by atoms with Crippen LogP contribution in [0.1, 0.15) is 31.4 Å². The fourth-order valence-corrected chi connectivity index (χ4v) is 3.10. The second-order valence-electron chi connectivity index (χ2n) is 8.44. The number of hydroxylamine groups is 1. The molecule has 0 aliphatic rings. The van der Waals surface area contributed by atoms with Crippen LogP contribution in [0.25, 0.3) is 6.08 Å². The first kappa shape index (κ1) is 31.0. The van der Waals surface area contributed by atoms with Crippen LogP contribution < -0.4 is 10.4 Å². The summed E-state index contributed by atoms with van der Waals surface area (Å²) in [6.07, 6.45) is 6.62. The average Bonchev–Trinajstić information content (AvgIpc) is 2.81. The maximum atomic E-state index is 11.1. The Morgan fingerprint density at radius 1 is 1.09 bits per heavy atom. The van der Waals surface area contributed by atoms with Crippen molar-refractivity contribution in [2.75, 3.05) is 46.8 Å². The van der Waals surface area contributed by atoms with E-state index in [9.17, 15) is 9.18 Å². The number of amides is 1. The maximum absolute atomic E-state index is 11.1. The molecule has 0 bridgehead atoms. The minimum Gasteiger partial charge on any atom is -0.376 e. The number of halogens is 1. The summed E-state index contributed by atoms with van der Waals surface area (Å²) >= 11 is 0. The van der Waals surface area contributed by atoms with Crippen LogP contribution in [0.2, 0.25) is 0 Å². The van der Waals surface area contributed by atoms with E-state index in [1.165, 1.54) is 18.2 Å². The maximum Gasteiger partial charge on any atom is 0.267 e. The molecule has 0 spiro atoms. The van der Waals surface area contributed by atoms with Crippen molar-refractivity contribution in [3.8, 4) is 0 Å². The Hall–Kier alpha value is -3.03. The molecule has 2 aromatic rings. The molecule has 6 nitrogen and oxygen atoms in total. The van der Waals surface area contributed by atoms with Gasteiger partial charge in [0.2, 0.25) is 0 Å². The molecule has 2 N–H and O–H groups in total. The lowest BCUT2D eigenvalue weighted by atomic mass is 10.1. The first-order valence-corrected chi connectivity index (χ1v) is 11.3. The first-order chi connectivity index (χ1) is 16.2. The van der Waals surface area contributed by atoms with Crippen LogP contribution in [-0.2, 0) is 11.2 Å². The van der Waals surface area contributed by atoms with Gasteiger partial charge in [-0.1, -0.05) is 50.2 Å². The van der Waals surface area contributed by atoms with Gasteiger partial charge in [-0.05, 0) is 68.7 Å². The van der Waals surface area contributed by atoms with Crippen molar-refractivity contribution in [1.82, 2.24) is 10.4 Å². The van der Waals surface area contributed by atoms with Gasteiger partial charge in [0.25, 0.3) is 5.91 Å². The summed E-state index contributed by atoms with van der Waals surface area (Å²) in [5.74, 6) is 0.236. The SMILES string of the molecule is CC(C)CN(C)C.CF.CN(C)c1ccc(/C=C/C(=O)NO)cc1N=CCCc1ccccc1. The molecule has 2 aromatic carbocycles. The van der Waals surface area contributed by atoms with Gasteiger partial charge in [-0.25, -0.2) is 5.48 Å². The Morgan fingerprint density at radius 2 is 1.74 bits per heavy atom. The number of aryl methyl sites for hydroxylation is 1. The number of carbonyl (C=O) groups excluding carboxylic acids is 1. The molecule has 0 fully saturated rings. The van der Waals surface area contributed by atoms with Gasteiger partial charge < -0.3 is 9.80 Å². The van der Waals surface area contributed by atoms with E-state index in [1.807, 2.05) is 61.6 Å². The molecule has 34 heavy (non-hydrogen) atoms. The standard InChI is InChI=1S/C20H23N3O2.C6H15N.CH3F/c1-23(2)19-12-10-17(11-13-20(24)22-25)15-18(19)21-14-6-9-16-7-4-3-5-8-16;1-6(2)5-7(3)4;1-2/h3-5,7-8,10-15,25H,6,9H2,1-2H3,(H,22,24);6H,5H2,1-4H3;1H3/b13-11+,21-14?;;. The predicted octanol–water partition coefficient (Wildman–Crippen LogP) is 5.40. The van der Waals surface area contributed by atoms with Gasteiger partial charge in [0.05, 0.1) is 18.6 Å². The predicted molar refractivity (Wildman–Crippen MR) is 143 cm³/mol. The van der Waals surface area contributed by atoms with E-state index >= 15 is 0 Å². The lowest BCUT2D eigenvalue weighted by molar-refractivity contribution is -0.124. The van der Waals surface area contributed by atoms with Crippen LogP contribution in [-0.4, -0.2) is 64.1 Å². The molecule has 0 saturated heterocycles. The minimum atomic E-state index is -0.565. The van der Waals surface area contributed by atoms with Crippen molar-refractivity contribution < 1.29 is 14.4 Å². The molecule has 0 heterocycles. The third-order valence-corrected chi connectivity index (χ3v) is 4.38. The van der Waals surface area contributed by atoms with Crippen LogP contribution >= 0.6 is 0 Å². The fraction of sp³-hybridized carbons (Fsp3) is 0.407. The number of benzene rings is 2. The Kier molecular flexibility index (Phi) is 16.8. The van der Waals surface area contributed by atoms with E-state index in [0.717, 1.165) is 35.7 Å². The minimum absolute atomic E-state index is 0.500. The molecule has 0 atom stereocenters. The van der Waals surface area contributed by atoms with E-state index in [0.29, 0.717) is 7.18 Å². The molecule has 0 aliphatic carbocycles. The van der Waals surface area contributed by atoms with Crippen molar-refractivity contribution in [3.05, 3.63) is 65.7 Å². The molecule has 0 aromatic heterocycles. The monoisotopic (exact) mass is 472 g/mol. The third kappa shape index (κ3) is 14.2. The summed E-state index contributed by atoms with van der Waals surface area (Å²) < 4.78 is 9.50. The smallest absolute Gasteiger partial charge is 0.267 e. The van der Waals surface area contributed by atoms with E-state index in [2.05, 4.69) is 50.0 Å². The Labute approximate surface area is 204 Å². The van der Waals surface area contributed by atoms with E-state index in [1.54, 1.807) is 11.6 Å². The number of nitrogens with zero attached hydrogens (tertiary/aromatic N) is 3. The molecular formula is C27H41FN4O2. The highest BCUT2D eigenvalue weighted by atomic mass is 19.1. The molecule has 0 aliphatic heterocycles. The van der Waals surface area contributed by atoms with Crippen molar-refractivity contribution in [2.45, 2.75) is 26.7 Å². The number of anilines is 1. The summed E-state index contributed by atoms with van der Waals surface area (Å²) in [6, 6.07) is 16.1. The molecule has 1 amide bonds. The normalized spacial score (nSPS) is 10.7. The zero-order chi connectivity index (χ0) is 25.9. The fourth-order valence-electron chi connectivity index (χ4n) is 3.10. The number of nitrogens with one attached hydrogen (secondary N) is 1. The van der Waals surface area contributed by atoms with Crippen LogP contribution in [0.5, 0.6) is 0 Å². The third-order valence-electron chi connectivity index (χ3n) is 4.38. The Bertz CT molecular complexity index is 860. The van der Waals surface area contributed by atoms with Gasteiger partial charge in [0.1, 0.15) is 0 Å². The summed E-state index contributed by atoms with van der Waals surface area (Å²) in [7, 11) is 8.63. The quantitative estimate of drug-likeness (QED) is 0.222. The van der Waals surface area contributed by atoms with Gasteiger partial charge in [0, 0.05) is 26.4 Å². The number of hydrogen-bond acceptors (Lipinski definition) is 5. The molecule has 0 saturated carbocycles. The number of aliphatic imine (C=N–C) groups is 1. The zero-order valence-electron chi connectivity index (χ0n) is 21.6. The van der Waals surface area contributed by atoms with Crippen LogP contribution in [0.3, 0.4) is 0 Å². The largest absolute Gasteiger partial charge is 0.376 e. The van der Waals surface area contributed by atoms with Crippen molar-refractivity contribution in [2.24, 2.45) is 10.9 Å². The highest BCUT2D eigenvalue weighted by Gasteiger charge is 2.04. The number of carbonyl (C=O) groups is 1. The molecule has 188 valence electrons. The average molecular weight is 473 g/mol. The van der Waals surface area contributed by atoms with Gasteiger partial charge in [-0.2, -0.15) is 0 Å². The van der Waals surface area contributed by atoms with Crippen molar-refractivity contribution in [3.63, 3.8) is 0 Å².